The second-order valence-corrected chi connectivity index (χ2v) is 8.00. The molecular weight excluding hydrogens is 462 g/mol. The molecule has 8 nitrogen and oxygen atoms in total. The third-order valence-electron chi connectivity index (χ3n) is 5.80. The highest BCUT2D eigenvalue weighted by molar-refractivity contribution is 5.89. The minimum absolute atomic E-state index is 0.0165. The molecule has 3 N–H and O–H groups in total. The Labute approximate surface area is 208 Å². The lowest BCUT2D eigenvalue weighted by atomic mass is 9.79. The van der Waals surface area contributed by atoms with Crippen molar-refractivity contribution < 1.29 is 34.4 Å². The van der Waals surface area contributed by atoms with Crippen LogP contribution in [-0.4, -0.2) is 46.3 Å². The summed E-state index contributed by atoms with van der Waals surface area (Å²) in [6.45, 7) is 0.269. The number of aromatic hydroxyl groups is 2. The number of hydrogen-bond donors (Lipinski definition) is 3. The van der Waals surface area contributed by atoms with E-state index in [-0.39, 0.29) is 18.8 Å². The van der Waals surface area contributed by atoms with Crippen molar-refractivity contribution in [3.8, 4) is 17.5 Å². The predicted octanol–water partition coefficient (Wildman–Crippen LogP) is 3.87. The fourth-order valence-electron chi connectivity index (χ4n) is 4.01. The van der Waals surface area contributed by atoms with Gasteiger partial charge in [0.1, 0.15) is 11.4 Å². The first kappa shape index (κ1) is 24.8. The standard InChI is InChI=1S/C28H27NO7/c1-34-24-14-12-23(13-15-24)28(35-19-5-18-30,21-6-3-2-4-7-21)22-10-8-20(9-11-22)27(33)36-29-25(31)16-17-26(29)32/h2-4,6-17,30-32H,5,18-19H2,1H3. The molecule has 0 aliphatic rings. The SMILES string of the molecule is COc1ccc(C(OCCCO)(c2ccccc2)c2ccc(C(=O)On3c(O)ccc3O)cc2)cc1. The molecule has 0 radical (unpaired) electrons. The fraction of sp³-hybridized carbons (Fsp3) is 0.179. The Morgan fingerprint density at radius 3 is 1.92 bits per heavy atom. The van der Waals surface area contributed by atoms with E-state index in [9.17, 15) is 20.1 Å². The number of methoxy groups -OCH3 is 1. The number of carbonyl (C=O) groups is 1. The van der Waals surface area contributed by atoms with Crippen molar-refractivity contribution >= 4 is 5.97 Å². The van der Waals surface area contributed by atoms with Crippen LogP contribution < -0.4 is 9.57 Å². The maximum Gasteiger partial charge on any atom is 0.363 e. The van der Waals surface area contributed by atoms with Crippen LogP contribution >= 0.6 is 0 Å². The summed E-state index contributed by atoms with van der Waals surface area (Å²) in [5.74, 6) is -0.875. The van der Waals surface area contributed by atoms with Crippen LogP contribution in [0.4, 0.5) is 0 Å². The summed E-state index contributed by atoms with van der Waals surface area (Å²) in [6, 6.07) is 26.4. The molecule has 0 aliphatic carbocycles. The zero-order chi connectivity index (χ0) is 25.5. The van der Waals surface area contributed by atoms with Gasteiger partial charge in [0.05, 0.1) is 19.3 Å². The molecule has 4 rings (SSSR count). The summed E-state index contributed by atoms with van der Waals surface area (Å²) in [6.07, 6.45) is 0.443. The van der Waals surface area contributed by atoms with E-state index in [1.807, 2.05) is 54.6 Å². The van der Waals surface area contributed by atoms with E-state index in [4.69, 9.17) is 14.3 Å². The summed E-state index contributed by atoms with van der Waals surface area (Å²) in [7, 11) is 1.60. The van der Waals surface area contributed by atoms with Gasteiger partial charge < -0.3 is 29.6 Å². The van der Waals surface area contributed by atoms with Gasteiger partial charge in [0.15, 0.2) is 0 Å². The average molecular weight is 490 g/mol. The van der Waals surface area contributed by atoms with E-state index in [2.05, 4.69) is 0 Å². The number of benzene rings is 3. The van der Waals surface area contributed by atoms with Crippen LogP contribution in [0.25, 0.3) is 0 Å². The first-order chi connectivity index (χ1) is 17.5. The maximum absolute atomic E-state index is 12.7. The molecule has 3 aromatic carbocycles. The largest absolute Gasteiger partial charge is 0.497 e. The van der Waals surface area contributed by atoms with Gasteiger partial charge in [0.25, 0.3) is 0 Å². The topological polar surface area (TPSA) is 110 Å². The number of rotatable bonds is 10. The molecule has 1 unspecified atom stereocenters. The predicted molar refractivity (Wildman–Crippen MR) is 132 cm³/mol. The number of aliphatic hydroxyl groups excluding tert-OH is 1. The van der Waals surface area contributed by atoms with Gasteiger partial charge in [-0.3, -0.25) is 0 Å². The van der Waals surface area contributed by atoms with Gasteiger partial charge in [0, 0.05) is 18.7 Å². The highest BCUT2D eigenvalue weighted by atomic mass is 16.7. The Balaban J connectivity index is 1.77. The van der Waals surface area contributed by atoms with Gasteiger partial charge in [-0.2, -0.15) is 0 Å². The number of aliphatic hydroxyl groups is 1. The zero-order valence-electron chi connectivity index (χ0n) is 19.7. The molecule has 8 heteroatoms. The minimum Gasteiger partial charge on any atom is -0.497 e. The number of ether oxygens (including phenoxy) is 2. The van der Waals surface area contributed by atoms with Crippen molar-refractivity contribution in [3.63, 3.8) is 0 Å². The van der Waals surface area contributed by atoms with Crippen LogP contribution in [0.15, 0.2) is 91.0 Å². The van der Waals surface area contributed by atoms with Crippen molar-refractivity contribution in [2.45, 2.75) is 12.0 Å². The first-order valence-corrected chi connectivity index (χ1v) is 11.4. The molecule has 0 saturated carbocycles. The van der Waals surface area contributed by atoms with Crippen LogP contribution in [0.1, 0.15) is 33.5 Å². The monoisotopic (exact) mass is 489 g/mol. The third kappa shape index (κ3) is 4.91. The molecule has 0 aliphatic heterocycles. The molecular formula is C28H27NO7. The van der Waals surface area contributed by atoms with Crippen molar-refractivity contribution in [1.29, 1.82) is 0 Å². The normalized spacial score (nSPS) is 12.6. The average Bonchev–Trinajstić information content (AvgIpc) is 3.24. The first-order valence-electron chi connectivity index (χ1n) is 11.4. The number of carbonyl (C=O) groups excluding carboxylic acids is 1. The molecule has 0 amide bonds. The molecule has 36 heavy (non-hydrogen) atoms. The lowest BCUT2D eigenvalue weighted by Crippen LogP contribution is -2.33. The van der Waals surface area contributed by atoms with Crippen LogP contribution in [-0.2, 0) is 10.3 Å². The Kier molecular flexibility index (Phi) is 7.58. The molecule has 186 valence electrons. The van der Waals surface area contributed by atoms with Crippen LogP contribution in [0, 0.1) is 0 Å². The van der Waals surface area contributed by atoms with Crippen molar-refractivity contribution in [2.24, 2.45) is 0 Å². The second-order valence-electron chi connectivity index (χ2n) is 8.00. The van der Waals surface area contributed by atoms with Gasteiger partial charge in [-0.1, -0.05) is 54.6 Å². The molecule has 4 aromatic rings. The van der Waals surface area contributed by atoms with Gasteiger partial charge in [0.2, 0.25) is 11.8 Å². The molecule has 0 spiro atoms. The Hall–Kier alpha value is -4.27. The lowest BCUT2D eigenvalue weighted by molar-refractivity contribution is 0.00590. The second kappa shape index (κ2) is 11.0. The van der Waals surface area contributed by atoms with E-state index in [0.29, 0.717) is 16.9 Å². The highest BCUT2D eigenvalue weighted by Gasteiger charge is 2.37. The van der Waals surface area contributed by atoms with Crippen LogP contribution in [0.3, 0.4) is 0 Å². The van der Waals surface area contributed by atoms with Crippen LogP contribution in [0.2, 0.25) is 0 Å². The lowest BCUT2D eigenvalue weighted by Gasteiger charge is -2.36. The van der Waals surface area contributed by atoms with Gasteiger partial charge in [-0.25, -0.2) is 4.79 Å². The zero-order valence-corrected chi connectivity index (χ0v) is 19.7. The molecule has 1 aromatic heterocycles. The van der Waals surface area contributed by atoms with Crippen molar-refractivity contribution in [2.75, 3.05) is 20.3 Å². The summed E-state index contributed by atoms with van der Waals surface area (Å²) in [5, 5.41) is 28.9. The number of nitrogens with zero attached hydrogens (tertiary/aromatic N) is 1. The molecule has 1 heterocycles. The number of aromatic nitrogens is 1. The highest BCUT2D eigenvalue weighted by Crippen LogP contribution is 2.41. The van der Waals surface area contributed by atoms with E-state index >= 15 is 0 Å². The van der Waals surface area contributed by atoms with Gasteiger partial charge in [-0.15, -0.1) is 4.73 Å². The Bertz CT molecular complexity index is 1260. The Morgan fingerprint density at radius 2 is 1.36 bits per heavy atom. The van der Waals surface area contributed by atoms with E-state index < -0.39 is 23.3 Å². The fourth-order valence-corrected chi connectivity index (χ4v) is 4.01. The van der Waals surface area contributed by atoms with E-state index in [1.165, 1.54) is 12.1 Å². The van der Waals surface area contributed by atoms with Crippen LogP contribution in [0.5, 0.6) is 17.5 Å². The summed E-state index contributed by atoms with van der Waals surface area (Å²) < 4.78 is 12.5. The summed E-state index contributed by atoms with van der Waals surface area (Å²) in [5.41, 5.74) is 1.62. The minimum atomic E-state index is -1.04. The van der Waals surface area contributed by atoms with Gasteiger partial charge >= 0.3 is 5.97 Å². The molecule has 1 atom stereocenters. The Morgan fingerprint density at radius 1 is 0.806 bits per heavy atom. The molecule has 0 bridgehead atoms. The van der Waals surface area contributed by atoms with E-state index in [0.717, 1.165) is 16.7 Å². The van der Waals surface area contributed by atoms with Gasteiger partial charge in [-0.05, 0) is 47.4 Å². The molecule has 0 fully saturated rings. The smallest absolute Gasteiger partial charge is 0.363 e. The number of hydrogen-bond acceptors (Lipinski definition) is 7. The van der Waals surface area contributed by atoms with Crippen molar-refractivity contribution in [1.82, 2.24) is 4.73 Å². The van der Waals surface area contributed by atoms with Crippen molar-refractivity contribution in [3.05, 3.63) is 113 Å². The van der Waals surface area contributed by atoms with E-state index in [1.54, 1.807) is 31.4 Å². The summed E-state index contributed by atoms with van der Waals surface area (Å²) >= 11 is 0. The third-order valence-corrected chi connectivity index (χ3v) is 5.80. The molecule has 0 saturated heterocycles. The summed E-state index contributed by atoms with van der Waals surface area (Å²) in [4.78, 5) is 17.8. The quantitative estimate of drug-likeness (QED) is 0.229. The maximum atomic E-state index is 12.7.